The molecule has 2 unspecified atom stereocenters. The SMILES string of the molecule is CCOC(C(C)C)C(N)Cc1cc(Br)ccc1F. The van der Waals surface area contributed by atoms with Crippen molar-refractivity contribution < 1.29 is 9.13 Å². The molecule has 0 aromatic heterocycles. The lowest BCUT2D eigenvalue weighted by atomic mass is 9.94. The first-order valence-electron chi connectivity index (χ1n) is 6.26. The minimum absolute atomic E-state index is 0.0478. The molecular weight excluding hydrogens is 297 g/mol. The van der Waals surface area contributed by atoms with Crippen LogP contribution in [-0.2, 0) is 11.2 Å². The van der Waals surface area contributed by atoms with Gasteiger partial charge in [0.2, 0.25) is 0 Å². The predicted octanol–water partition coefficient (Wildman–Crippen LogP) is 3.52. The van der Waals surface area contributed by atoms with Crippen LogP contribution in [0.5, 0.6) is 0 Å². The number of hydrogen-bond donors (Lipinski definition) is 1. The van der Waals surface area contributed by atoms with E-state index in [1.54, 1.807) is 12.1 Å². The van der Waals surface area contributed by atoms with E-state index in [4.69, 9.17) is 10.5 Å². The van der Waals surface area contributed by atoms with Crippen LogP contribution in [0.15, 0.2) is 22.7 Å². The van der Waals surface area contributed by atoms with Crippen molar-refractivity contribution in [3.63, 3.8) is 0 Å². The largest absolute Gasteiger partial charge is 0.377 e. The Kier molecular flexibility index (Phi) is 6.26. The molecule has 0 spiro atoms. The van der Waals surface area contributed by atoms with Crippen molar-refractivity contribution in [3.05, 3.63) is 34.1 Å². The van der Waals surface area contributed by atoms with E-state index >= 15 is 0 Å². The summed E-state index contributed by atoms with van der Waals surface area (Å²) in [6.45, 7) is 6.70. The zero-order chi connectivity index (χ0) is 13.7. The third-order valence-electron chi connectivity index (χ3n) is 2.90. The van der Waals surface area contributed by atoms with Crippen LogP contribution in [0.3, 0.4) is 0 Å². The van der Waals surface area contributed by atoms with Crippen LogP contribution in [0.2, 0.25) is 0 Å². The molecule has 0 fully saturated rings. The number of halogens is 2. The summed E-state index contributed by atoms with van der Waals surface area (Å²) in [6.07, 6.45) is 0.432. The Hall–Kier alpha value is -0.450. The van der Waals surface area contributed by atoms with Gasteiger partial charge in [0.15, 0.2) is 0 Å². The van der Waals surface area contributed by atoms with Gasteiger partial charge in [0, 0.05) is 17.1 Å². The zero-order valence-electron chi connectivity index (χ0n) is 11.1. The van der Waals surface area contributed by atoms with Gasteiger partial charge in [-0.3, -0.25) is 0 Å². The molecule has 2 atom stereocenters. The van der Waals surface area contributed by atoms with Gasteiger partial charge in [-0.2, -0.15) is 0 Å². The molecule has 2 N–H and O–H groups in total. The number of rotatable bonds is 6. The lowest BCUT2D eigenvalue weighted by molar-refractivity contribution is 0.0126. The van der Waals surface area contributed by atoms with Crippen LogP contribution >= 0.6 is 15.9 Å². The maximum absolute atomic E-state index is 13.7. The van der Waals surface area contributed by atoms with Gasteiger partial charge in [-0.25, -0.2) is 4.39 Å². The molecule has 0 aliphatic heterocycles. The summed E-state index contributed by atoms with van der Waals surface area (Å²) in [5.41, 5.74) is 6.78. The second-order valence-corrected chi connectivity index (χ2v) is 5.68. The van der Waals surface area contributed by atoms with E-state index in [0.29, 0.717) is 24.5 Å². The second kappa shape index (κ2) is 7.22. The lowest BCUT2D eigenvalue weighted by Gasteiger charge is -2.27. The van der Waals surface area contributed by atoms with E-state index in [9.17, 15) is 4.39 Å². The molecule has 0 bridgehead atoms. The first-order chi connectivity index (χ1) is 8.45. The van der Waals surface area contributed by atoms with Gasteiger partial charge in [0.05, 0.1) is 6.10 Å². The van der Waals surface area contributed by atoms with Crippen molar-refractivity contribution >= 4 is 15.9 Å². The first-order valence-corrected chi connectivity index (χ1v) is 7.06. The molecule has 0 amide bonds. The van der Waals surface area contributed by atoms with Gasteiger partial charge in [-0.15, -0.1) is 0 Å². The normalized spacial score (nSPS) is 14.8. The molecule has 0 aliphatic carbocycles. The topological polar surface area (TPSA) is 35.2 Å². The van der Waals surface area contributed by atoms with Gasteiger partial charge in [-0.05, 0) is 43.0 Å². The van der Waals surface area contributed by atoms with Crippen LogP contribution < -0.4 is 5.73 Å². The number of benzene rings is 1. The third-order valence-corrected chi connectivity index (χ3v) is 3.39. The Labute approximate surface area is 117 Å². The standard InChI is InChI=1S/C14H21BrFNO/c1-4-18-14(9(2)3)13(17)8-10-7-11(15)5-6-12(10)16/h5-7,9,13-14H,4,8,17H2,1-3H3. The van der Waals surface area contributed by atoms with E-state index in [-0.39, 0.29) is 18.0 Å². The number of ether oxygens (including phenoxy) is 1. The Bertz CT molecular complexity index is 384. The van der Waals surface area contributed by atoms with Crippen LogP contribution in [0, 0.1) is 11.7 Å². The van der Waals surface area contributed by atoms with Crippen molar-refractivity contribution in [1.29, 1.82) is 0 Å². The quantitative estimate of drug-likeness (QED) is 0.871. The lowest BCUT2D eigenvalue weighted by Crippen LogP contribution is -2.42. The molecule has 0 heterocycles. The molecule has 4 heteroatoms. The summed E-state index contributed by atoms with van der Waals surface area (Å²) >= 11 is 3.34. The highest BCUT2D eigenvalue weighted by molar-refractivity contribution is 9.10. The molecular formula is C14H21BrFNO. The summed E-state index contributed by atoms with van der Waals surface area (Å²) in [5.74, 6) is 0.0998. The fourth-order valence-corrected chi connectivity index (χ4v) is 2.48. The van der Waals surface area contributed by atoms with E-state index in [1.807, 2.05) is 6.92 Å². The van der Waals surface area contributed by atoms with E-state index in [1.165, 1.54) is 6.07 Å². The summed E-state index contributed by atoms with van der Waals surface area (Å²) in [7, 11) is 0. The van der Waals surface area contributed by atoms with Gasteiger partial charge in [0.1, 0.15) is 5.82 Å². The summed E-state index contributed by atoms with van der Waals surface area (Å²) in [4.78, 5) is 0. The summed E-state index contributed by atoms with van der Waals surface area (Å²) in [5, 5.41) is 0. The average molecular weight is 318 g/mol. The molecule has 102 valence electrons. The van der Waals surface area contributed by atoms with E-state index in [2.05, 4.69) is 29.8 Å². The highest BCUT2D eigenvalue weighted by atomic mass is 79.9. The second-order valence-electron chi connectivity index (χ2n) is 4.77. The fraction of sp³-hybridized carbons (Fsp3) is 0.571. The summed E-state index contributed by atoms with van der Waals surface area (Å²) < 4.78 is 20.2. The van der Waals surface area contributed by atoms with Crippen molar-refractivity contribution in [3.8, 4) is 0 Å². The zero-order valence-corrected chi connectivity index (χ0v) is 12.7. The van der Waals surface area contributed by atoms with Crippen molar-refractivity contribution in [2.75, 3.05) is 6.61 Å². The first kappa shape index (κ1) is 15.6. The van der Waals surface area contributed by atoms with E-state index in [0.717, 1.165) is 4.47 Å². The molecule has 0 aliphatic rings. The van der Waals surface area contributed by atoms with Gasteiger partial charge < -0.3 is 10.5 Å². The Balaban J connectivity index is 2.78. The molecule has 18 heavy (non-hydrogen) atoms. The minimum atomic E-state index is -0.215. The van der Waals surface area contributed by atoms with Crippen LogP contribution in [0.25, 0.3) is 0 Å². The van der Waals surface area contributed by atoms with Gasteiger partial charge in [-0.1, -0.05) is 29.8 Å². The monoisotopic (exact) mass is 317 g/mol. The molecule has 0 saturated carbocycles. The summed E-state index contributed by atoms with van der Waals surface area (Å²) in [6, 6.07) is 4.72. The predicted molar refractivity (Wildman–Crippen MR) is 76.0 cm³/mol. The minimum Gasteiger partial charge on any atom is -0.377 e. The highest BCUT2D eigenvalue weighted by Gasteiger charge is 2.22. The number of hydrogen-bond acceptors (Lipinski definition) is 2. The molecule has 1 rings (SSSR count). The Morgan fingerprint density at radius 3 is 2.61 bits per heavy atom. The van der Waals surface area contributed by atoms with E-state index < -0.39 is 0 Å². The average Bonchev–Trinajstić information content (AvgIpc) is 2.30. The number of nitrogens with two attached hydrogens (primary N) is 1. The molecule has 1 aromatic carbocycles. The van der Waals surface area contributed by atoms with Crippen LogP contribution in [0.1, 0.15) is 26.3 Å². The molecule has 0 radical (unpaired) electrons. The maximum atomic E-state index is 13.7. The molecule has 0 saturated heterocycles. The Morgan fingerprint density at radius 2 is 2.06 bits per heavy atom. The maximum Gasteiger partial charge on any atom is 0.126 e. The van der Waals surface area contributed by atoms with Crippen LogP contribution in [-0.4, -0.2) is 18.8 Å². The third kappa shape index (κ3) is 4.34. The fourth-order valence-electron chi connectivity index (χ4n) is 2.07. The molecule has 1 aromatic rings. The van der Waals surface area contributed by atoms with Crippen molar-refractivity contribution in [2.45, 2.75) is 39.3 Å². The van der Waals surface area contributed by atoms with Crippen LogP contribution in [0.4, 0.5) is 4.39 Å². The van der Waals surface area contributed by atoms with Crippen molar-refractivity contribution in [1.82, 2.24) is 0 Å². The van der Waals surface area contributed by atoms with Gasteiger partial charge >= 0.3 is 0 Å². The molecule has 2 nitrogen and oxygen atoms in total. The highest BCUT2D eigenvalue weighted by Crippen LogP contribution is 2.19. The Morgan fingerprint density at radius 1 is 1.39 bits per heavy atom. The van der Waals surface area contributed by atoms with Crippen molar-refractivity contribution in [2.24, 2.45) is 11.7 Å². The smallest absolute Gasteiger partial charge is 0.126 e. The van der Waals surface area contributed by atoms with Gasteiger partial charge in [0.25, 0.3) is 0 Å².